The summed E-state index contributed by atoms with van der Waals surface area (Å²) >= 11 is 0. The maximum atomic E-state index is 12.7. The second-order valence-electron chi connectivity index (χ2n) is 7.33. The monoisotopic (exact) mass is 431 g/mol. The van der Waals surface area contributed by atoms with E-state index in [-0.39, 0.29) is 6.04 Å². The summed E-state index contributed by atoms with van der Waals surface area (Å²) in [5.41, 5.74) is 1.00. The summed E-state index contributed by atoms with van der Waals surface area (Å²) in [4.78, 5) is 18.1. The zero-order valence-corrected chi connectivity index (χ0v) is 16.7. The van der Waals surface area contributed by atoms with E-state index >= 15 is 0 Å². The summed E-state index contributed by atoms with van der Waals surface area (Å²) in [6.07, 6.45) is -0.108. The minimum atomic E-state index is -4.37. The van der Waals surface area contributed by atoms with E-state index in [0.717, 1.165) is 12.1 Å². The molecule has 1 fully saturated rings. The van der Waals surface area contributed by atoms with E-state index in [4.69, 9.17) is 4.74 Å². The van der Waals surface area contributed by atoms with Crippen LogP contribution in [0.3, 0.4) is 0 Å². The molecule has 1 aliphatic heterocycles. The number of aromatic nitrogens is 4. The zero-order chi connectivity index (χ0) is 22.0. The molecular weight excluding hydrogens is 411 g/mol. The van der Waals surface area contributed by atoms with Crippen molar-refractivity contribution in [2.24, 2.45) is 0 Å². The number of rotatable bonds is 3. The quantitative estimate of drug-likeness (QED) is 0.610. The summed E-state index contributed by atoms with van der Waals surface area (Å²) in [6.45, 7) is 2.77. The van der Waals surface area contributed by atoms with Crippen LogP contribution in [0.1, 0.15) is 30.1 Å². The van der Waals surface area contributed by atoms with Gasteiger partial charge in [-0.05, 0) is 44.0 Å². The Kier molecular flexibility index (Phi) is 5.62. The Labute approximate surface area is 176 Å². The molecule has 10 heteroatoms. The smallest absolute Gasteiger partial charge is 0.408 e. The van der Waals surface area contributed by atoms with Gasteiger partial charge in [-0.1, -0.05) is 17.3 Å². The van der Waals surface area contributed by atoms with Crippen LogP contribution in [0.5, 0.6) is 5.75 Å². The molecule has 3 heterocycles. The van der Waals surface area contributed by atoms with Crippen molar-refractivity contribution in [3.63, 3.8) is 0 Å². The molecule has 2 aromatic heterocycles. The van der Waals surface area contributed by atoms with Gasteiger partial charge in [-0.3, -0.25) is 4.98 Å². The first kappa shape index (κ1) is 20.8. The van der Waals surface area contributed by atoms with Gasteiger partial charge >= 0.3 is 12.3 Å². The first-order valence-corrected chi connectivity index (χ1v) is 9.79. The number of carbonyl (C=O) groups is 1. The lowest BCUT2D eigenvalue weighted by atomic mass is 10.1. The molecule has 1 aromatic carbocycles. The first-order chi connectivity index (χ1) is 14.8. The molecular formula is C21H20F3N5O2. The molecule has 1 aliphatic rings. The van der Waals surface area contributed by atoms with Crippen LogP contribution in [0.25, 0.3) is 11.3 Å². The fourth-order valence-corrected chi connectivity index (χ4v) is 3.47. The van der Waals surface area contributed by atoms with E-state index in [0.29, 0.717) is 48.6 Å². The van der Waals surface area contributed by atoms with Crippen molar-refractivity contribution in [2.75, 3.05) is 13.1 Å². The number of hydrogen-bond acceptors (Lipinski definition) is 5. The Balaban J connectivity index is 1.36. The summed E-state index contributed by atoms with van der Waals surface area (Å²) in [6, 6.07) is 8.28. The lowest BCUT2D eigenvalue weighted by Gasteiger charge is -2.31. The number of benzene rings is 1. The maximum Gasteiger partial charge on any atom is 0.416 e. The van der Waals surface area contributed by atoms with E-state index in [1.807, 2.05) is 0 Å². The summed E-state index contributed by atoms with van der Waals surface area (Å²) in [5, 5.41) is 8.23. The van der Waals surface area contributed by atoms with E-state index in [9.17, 15) is 18.0 Å². The molecule has 4 rings (SSSR count). The third-order valence-electron chi connectivity index (χ3n) is 5.27. The van der Waals surface area contributed by atoms with Crippen LogP contribution in [-0.2, 0) is 6.18 Å². The minimum absolute atomic E-state index is 0.0416. The van der Waals surface area contributed by atoms with Gasteiger partial charge in [0.1, 0.15) is 5.69 Å². The number of halogens is 3. The average Bonchev–Trinajstić information content (AvgIpc) is 3.25. The second-order valence-corrected chi connectivity index (χ2v) is 7.33. The Bertz CT molecular complexity index is 1060. The number of piperidine rings is 1. The van der Waals surface area contributed by atoms with E-state index in [1.165, 1.54) is 12.1 Å². The molecule has 0 unspecified atom stereocenters. The fourth-order valence-electron chi connectivity index (χ4n) is 3.47. The Morgan fingerprint density at radius 1 is 1.13 bits per heavy atom. The molecule has 0 spiro atoms. The molecule has 0 saturated carbocycles. The van der Waals surface area contributed by atoms with Gasteiger partial charge in [-0.25, -0.2) is 9.48 Å². The highest BCUT2D eigenvalue weighted by Gasteiger charge is 2.30. The third-order valence-corrected chi connectivity index (χ3v) is 5.27. The molecule has 0 bridgehead atoms. The van der Waals surface area contributed by atoms with Gasteiger partial charge in [-0.2, -0.15) is 13.2 Å². The number of carbonyl (C=O) groups excluding carboxylic acids is 1. The summed E-state index contributed by atoms with van der Waals surface area (Å²) in [7, 11) is 0. The van der Waals surface area contributed by atoms with Gasteiger partial charge in [0.2, 0.25) is 0 Å². The number of alkyl halides is 3. The lowest BCUT2D eigenvalue weighted by Crippen LogP contribution is -2.40. The molecule has 3 aromatic rings. The highest BCUT2D eigenvalue weighted by molar-refractivity contribution is 5.71. The largest absolute Gasteiger partial charge is 0.416 e. The molecule has 0 aliphatic carbocycles. The number of ether oxygens (including phenoxy) is 1. The Hall–Kier alpha value is -3.43. The molecule has 0 atom stereocenters. The van der Waals surface area contributed by atoms with Crippen molar-refractivity contribution in [3.8, 4) is 17.0 Å². The van der Waals surface area contributed by atoms with Crippen molar-refractivity contribution in [1.82, 2.24) is 24.9 Å². The Morgan fingerprint density at radius 2 is 1.84 bits per heavy atom. The zero-order valence-electron chi connectivity index (χ0n) is 16.7. The number of nitrogens with zero attached hydrogens (tertiary/aromatic N) is 5. The highest BCUT2D eigenvalue weighted by Crippen LogP contribution is 2.31. The van der Waals surface area contributed by atoms with Crippen molar-refractivity contribution >= 4 is 6.09 Å². The van der Waals surface area contributed by atoms with E-state index in [2.05, 4.69) is 15.3 Å². The minimum Gasteiger partial charge on any atom is -0.408 e. The van der Waals surface area contributed by atoms with Crippen molar-refractivity contribution in [2.45, 2.75) is 32.0 Å². The SMILES string of the molecule is Cc1ncccc1OC(=O)N1CCC(n2cc(-c3ccc(C(F)(F)F)cc3)nn2)CC1. The standard InChI is InChI=1S/C21H20F3N5O2/c1-14-19(3-2-10-25-14)31-20(30)28-11-8-17(9-12-28)29-13-18(26-27-29)15-4-6-16(7-5-15)21(22,23)24/h2-7,10,13,17H,8-9,11-12H2,1H3. The molecule has 1 saturated heterocycles. The van der Waals surface area contributed by atoms with Crippen LogP contribution >= 0.6 is 0 Å². The van der Waals surface area contributed by atoms with Crippen LogP contribution < -0.4 is 4.74 Å². The second kappa shape index (κ2) is 8.37. The van der Waals surface area contributed by atoms with Crippen LogP contribution in [0.15, 0.2) is 48.8 Å². The van der Waals surface area contributed by atoms with Crippen LogP contribution in [0.4, 0.5) is 18.0 Å². The van der Waals surface area contributed by atoms with Crippen molar-refractivity contribution < 1.29 is 22.7 Å². The fraction of sp³-hybridized carbons (Fsp3) is 0.333. The maximum absolute atomic E-state index is 12.7. The van der Waals surface area contributed by atoms with E-state index in [1.54, 1.807) is 41.0 Å². The highest BCUT2D eigenvalue weighted by atomic mass is 19.4. The number of aryl methyl sites for hydroxylation is 1. The van der Waals surface area contributed by atoms with Gasteiger partial charge in [0, 0.05) is 24.8 Å². The van der Waals surface area contributed by atoms with Gasteiger partial charge < -0.3 is 9.64 Å². The third kappa shape index (κ3) is 4.68. The van der Waals surface area contributed by atoms with Crippen molar-refractivity contribution in [3.05, 3.63) is 60.0 Å². The topological polar surface area (TPSA) is 73.1 Å². The van der Waals surface area contributed by atoms with Crippen LogP contribution in [-0.4, -0.2) is 44.1 Å². The molecule has 0 radical (unpaired) electrons. The normalized spacial score (nSPS) is 15.2. The number of likely N-dealkylation sites (tertiary alicyclic amines) is 1. The molecule has 7 nitrogen and oxygen atoms in total. The van der Waals surface area contributed by atoms with Gasteiger partial charge in [-0.15, -0.1) is 5.10 Å². The molecule has 162 valence electrons. The molecule has 0 N–H and O–H groups in total. The summed E-state index contributed by atoms with van der Waals surface area (Å²) < 4.78 is 45.3. The molecule has 31 heavy (non-hydrogen) atoms. The van der Waals surface area contributed by atoms with Crippen LogP contribution in [0, 0.1) is 6.92 Å². The number of hydrogen-bond donors (Lipinski definition) is 0. The predicted octanol–water partition coefficient (Wildman–Crippen LogP) is 4.50. The first-order valence-electron chi connectivity index (χ1n) is 9.79. The van der Waals surface area contributed by atoms with Gasteiger partial charge in [0.05, 0.1) is 23.5 Å². The van der Waals surface area contributed by atoms with Crippen molar-refractivity contribution in [1.29, 1.82) is 0 Å². The number of pyridine rings is 1. The average molecular weight is 431 g/mol. The van der Waals surface area contributed by atoms with Gasteiger partial charge in [0.15, 0.2) is 5.75 Å². The Morgan fingerprint density at radius 3 is 2.48 bits per heavy atom. The summed E-state index contributed by atoms with van der Waals surface area (Å²) in [5.74, 6) is 0.437. The number of amides is 1. The van der Waals surface area contributed by atoms with Gasteiger partial charge in [0.25, 0.3) is 0 Å². The van der Waals surface area contributed by atoms with E-state index < -0.39 is 17.8 Å². The predicted molar refractivity (Wildman–Crippen MR) is 105 cm³/mol. The van der Waals surface area contributed by atoms with Crippen LogP contribution in [0.2, 0.25) is 0 Å². The lowest BCUT2D eigenvalue weighted by molar-refractivity contribution is -0.137. The molecule has 1 amide bonds.